The van der Waals surface area contributed by atoms with Crippen molar-refractivity contribution in [1.29, 1.82) is 0 Å². The van der Waals surface area contributed by atoms with Crippen LogP contribution in [0, 0.1) is 9.49 Å². The van der Waals surface area contributed by atoms with Gasteiger partial charge in [0.25, 0.3) is 5.91 Å². The second-order valence-electron chi connectivity index (χ2n) is 5.32. The highest BCUT2D eigenvalue weighted by Crippen LogP contribution is 2.25. The number of amides is 1. The molecule has 1 amide bonds. The van der Waals surface area contributed by atoms with Crippen LogP contribution in [-0.4, -0.2) is 35.0 Å². The van der Waals surface area contributed by atoms with Gasteiger partial charge in [-0.25, -0.2) is 0 Å². The third-order valence-corrected chi connectivity index (χ3v) is 5.17. The van der Waals surface area contributed by atoms with E-state index >= 15 is 0 Å². The molecule has 0 spiro atoms. The lowest BCUT2D eigenvalue weighted by molar-refractivity contribution is -0.137. The third-order valence-electron chi connectivity index (χ3n) is 3.73. The summed E-state index contributed by atoms with van der Waals surface area (Å²) in [5.74, 6) is -0.427. The Morgan fingerprint density at radius 3 is 2.90 bits per heavy atom. The molecule has 1 aromatic carbocycles. The van der Waals surface area contributed by atoms with Crippen LogP contribution in [0.25, 0.3) is 0 Å². The van der Waals surface area contributed by atoms with Crippen LogP contribution in [0.1, 0.15) is 36.0 Å². The zero-order valence-electron chi connectivity index (χ0n) is 11.5. The SMILES string of the molecule is O=C(O)CCC1CCCN(C(=O)c2cc(Br)ccc2I)C1. The van der Waals surface area contributed by atoms with E-state index in [4.69, 9.17) is 5.11 Å². The van der Waals surface area contributed by atoms with Crippen molar-refractivity contribution in [2.45, 2.75) is 25.7 Å². The van der Waals surface area contributed by atoms with E-state index in [1.165, 1.54) is 0 Å². The van der Waals surface area contributed by atoms with Gasteiger partial charge in [0.2, 0.25) is 0 Å². The molecule has 1 aliphatic heterocycles. The molecule has 1 fully saturated rings. The number of halogens is 2. The number of piperidine rings is 1. The molecule has 1 saturated heterocycles. The van der Waals surface area contributed by atoms with E-state index < -0.39 is 5.97 Å². The summed E-state index contributed by atoms with van der Waals surface area (Å²) in [4.78, 5) is 25.2. The van der Waals surface area contributed by atoms with Crippen LogP contribution >= 0.6 is 38.5 Å². The molecule has 114 valence electrons. The van der Waals surface area contributed by atoms with E-state index in [0.29, 0.717) is 24.4 Å². The molecule has 4 nitrogen and oxygen atoms in total. The predicted octanol–water partition coefficient (Wildman–Crippen LogP) is 3.77. The minimum atomic E-state index is -0.764. The zero-order chi connectivity index (χ0) is 15.4. The second-order valence-corrected chi connectivity index (χ2v) is 7.39. The van der Waals surface area contributed by atoms with Crippen LogP contribution in [0.5, 0.6) is 0 Å². The highest BCUT2D eigenvalue weighted by molar-refractivity contribution is 14.1. The maximum absolute atomic E-state index is 12.6. The second kappa shape index (κ2) is 7.58. The van der Waals surface area contributed by atoms with Gasteiger partial charge in [0.15, 0.2) is 0 Å². The first-order chi connectivity index (χ1) is 9.97. The van der Waals surface area contributed by atoms with Gasteiger partial charge in [-0.15, -0.1) is 0 Å². The maximum atomic E-state index is 12.6. The van der Waals surface area contributed by atoms with E-state index in [9.17, 15) is 9.59 Å². The Bertz CT molecular complexity index is 550. The molecular weight excluding hydrogens is 449 g/mol. The van der Waals surface area contributed by atoms with E-state index in [-0.39, 0.29) is 12.3 Å². The Kier molecular flexibility index (Phi) is 6.04. The predicted molar refractivity (Wildman–Crippen MR) is 92.4 cm³/mol. The van der Waals surface area contributed by atoms with Crippen molar-refractivity contribution in [3.63, 3.8) is 0 Å². The summed E-state index contributed by atoms with van der Waals surface area (Å²) in [5, 5.41) is 8.78. The lowest BCUT2D eigenvalue weighted by Crippen LogP contribution is -2.40. The minimum Gasteiger partial charge on any atom is -0.481 e. The van der Waals surface area contributed by atoms with Crippen molar-refractivity contribution in [2.24, 2.45) is 5.92 Å². The molecule has 1 atom stereocenters. The van der Waals surface area contributed by atoms with E-state index in [2.05, 4.69) is 38.5 Å². The molecule has 0 bridgehead atoms. The van der Waals surface area contributed by atoms with Gasteiger partial charge in [-0.3, -0.25) is 9.59 Å². The minimum absolute atomic E-state index is 0.0423. The van der Waals surface area contributed by atoms with E-state index in [1.807, 2.05) is 23.1 Å². The number of carboxylic acid groups (broad SMARTS) is 1. The van der Waals surface area contributed by atoms with E-state index in [1.54, 1.807) is 0 Å². The number of carboxylic acids is 1. The van der Waals surface area contributed by atoms with Crippen LogP contribution < -0.4 is 0 Å². The van der Waals surface area contributed by atoms with Crippen LogP contribution in [-0.2, 0) is 4.79 Å². The fourth-order valence-electron chi connectivity index (χ4n) is 2.64. The van der Waals surface area contributed by atoms with Gasteiger partial charge in [0, 0.05) is 27.6 Å². The standard InChI is InChI=1S/C15H17BrINO3/c16-11-4-5-13(17)12(8-11)15(21)18-7-1-2-10(9-18)3-6-14(19)20/h4-5,8,10H,1-3,6-7,9H2,(H,19,20). The number of likely N-dealkylation sites (tertiary alicyclic amines) is 1. The Hall–Kier alpha value is -0.630. The van der Waals surface area contributed by atoms with Crippen molar-refractivity contribution in [3.05, 3.63) is 31.8 Å². The summed E-state index contributed by atoms with van der Waals surface area (Å²) < 4.78 is 1.83. The largest absolute Gasteiger partial charge is 0.481 e. The molecule has 0 radical (unpaired) electrons. The molecule has 0 saturated carbocycles. The Morgan fingerprint density at radius 2 is 2.19 bits per heavy atom. The molecule has 0 aliphatic carbocycles. The molecule has 1 unspecified atom stereocenters. The Labute approximate surface area is 146 Å². The van der Waals surface area contributed by atoms with Gasteiger partial charge in [-0.2, -0.15) is 0 Å². The lowest BCUT2D eigenvalue weighted by atomic mass is 9.93. The lowest BCUT2D eigenvalue weighted by Gasteiger charge is -2.33. The van der Waals surface area contributed by atoms with Crippen molar-refractivity contribution in [1.82, 2.24) is 4.90 Å². The van der Waals surface area contributed by atoms with Crippen molar-refractivity contribution >= 4 is 50.4 Å². The first-order valence-electron chi connectivity index (χ1n) is 6.93. The summed E-state index contributed by atoms with van der Waals surface area (Å²) >= 11 is 5.57. The number of hydrogen-bond acceptors (Lipinski definition) is 2. The van der Waals surface area contributed by atoms with Crippen LogP contribution in [0.4, 0.5) is 0 Å². The van der Waals surface area contributed by atoms with Gasteiger partial charge >= 0.3 is 5.97 Å². The van der Waals surface area contributed by atoms with Crippen molar-refractivity contribution < 1.29 is 14.7 Å². The molecule has 6 heteroatoms. The molecule has 2 rings (SSSR count). The molecule has 1 aromatic rings. The number of carbonyl (C=O) groups is 2. The highest BCUT2D eigenvalue weighted by Gasteiger charge is 2.25. The summed E-state index contributed by atoms with van der Waals surface area (Å²) in [6.45, 7) is 1.42. The third kappa shape index (κ3) is 4.67. The molecular formula is C15H17BrINO3. The highest BCUT2D eigenvalue weighted by atomic mass is 127. The topological polar surface area (TPSA) is 57.6 Å². The van der Waals surface area contributed by atoms with Gasteiger partial charge in [0.05, 0.1) is 5.56 Å². The Morgan fingerprint density at radius 1 is 1.43 bits per heavy atom. The Balaban J connectivity index is 2.05. The van der Waals surface area contributed by atoms with Crippen molar-refractivity contribution in [2.75, 3.05) is 13.1 Å². The average molecular weight is 466 g/mol. The zero-order valence-corrected chi connectivity index (χ0v) is 15.3. The molecule has 0 aromatic heterocycles. The number of carbonyl (C=O) groups excluding carboxylic acids is 1. The maximum Gasteiger partial charge on any atom is 0.303 e. The number of nitrogens with zero attached hydrogens (tertiary/aromatic N) is 1. The molecule has 21 heavy (non-hydrogen) atoms. The number of benzene rings is 1. The van der Waals surface area contributed by atoms with Crippen LogP contribution in [0.3, 0.4) is 0 Å². The summed E-state index contributed by atoms with van der Waals surface area (Å²) in [5.41, 5.74) is 0.712. The fraction of sp³-hybridized carbons (Fsp3) is 0.467. The van der Waals surface area contributed by atoms with Crippen molar-refractivity contribution in [3.8, 4) is 0 Å². The number of aliphatic carboxylic acids is 1. The molecule has 1 heterocycles. The van der Waals surface area contributed by atoms with Gasteiger partial charge in [-0.1, -0.05) is 15.9 Å². The summed E-state index contributed by atoms with van der Waals surface area (Å²) in [7, 11) is 0. The normalized spacial score (nSPS) is 18.6. The van der Waals surface area contributed by atoms with Gasteiger partial charge in [0.1, 0.15) is 0 Å². The summed E-state index contributed by atoms with van der Waals surface area (Å²) in [6.07, 6.45) is 2.78. The smallest absolute Gasteiger partial charge is 0.303 e. The van der Waals surface area contributed by atoms with Crippen LogP contribution in [0.2, 0.25) is 0 Å². The first-order valence-corrected chi connectivity index (χ1v) is 8.80. The van der Waals surface area contributed by atoms with E-state index in [0.717, 1.165) is 27.4 Å². The van der Waals surface area contributed by atoms with Crippen LogP contribution in [0.15, 0.2) is 22.7 Å². The first kappa shape index (κ1) is 16.7. The quantitative estimate of drug-likeness (QED) is 0.688. The summed E-state index contributed by atoms with van der Waals surface area (Å²) in [6, 6.07) is 5.69. The molecule has 1 aliphatic rings. The number of hydrogen-bond donors (Lipinski definition) is 1. The fourth-order valence-corrected chi connectivity index (χ4v) is 3.57. The van der Waals surface area contributed by atoms with Gasteiger partial charge in [-0.05, 0) is 66.0 Å². The number of rotatable bonds is 4. The van der Waals surface area contributed by atoms with Gasteiger partial charge < -0.3 is 10.0 Å². The average Bonchev–Trinajstić information content (AvgIpc) is 2.47. The monoisotopic (exact) mass is 465 g/mol. The molecule has 1 N–H and O–H groups in total.